The maximum absolute atomic E-state index is 12.8. The molecule has 37 heavy (non-hydrogen) atoms. The van der Waals surface area contributed by atoms with E-state index in [0.717, 1.165) is 43.1 Å². The minimum Gasteiger partial charge on any atom is -0.444 e. The number of carbonyl (C=O) groups is 1. The van der Waals surface area contributed by atoms with Crippen LogP contribution < -0.4 is 10.2 Å². The third-order valence-electron chi connectivity index (χ3n) is 6.34. The molecule has 1 amide bonds. The van der Waals surface area contributed by atoms with E-state index < -0.39 is 17.7 Å². The highest BCUT2D eigenvalue weighted by Crippen LogP contribution is 2.28. The van der Waals surface area contributed by atoms with Gasteiger partial charge in [0.25, 0.3) is 0 Å². The summed E-state index contributed by atoms with van der Waals surface area (Å²) in [6.07, 6.45) is 0.977. The second-order valence-electron chi connectivity index (χ2n) is 10.3. The van der Waals surface area contributed by atoms with Gasteiger partial charge in [-0.3, -0.25) is 0 Å². The fourth-order valence-corrected chi connectivity index (χ4v) is 4.37. The van der Waals surface area contributed by atoms with E-state index in [1.807, 2.05) is 75.8 Å². The van der Waals surface area contributed by atoms with Crippen LogP contribution in [0.3, 0.4) is 0 Å². The Morgan fingerprint density at radius 2 is 1.76 bits per heavy atom. The second kappa shape index (κ2) is 11.8. The molecule has 0 spiro atoms. The smallest absolute Gasteiger partial charge is 0.408 e. The summed E-state index contributed by atoms with van der Waals surface area (Å²) in [5.74, 6) is 0.693. The van der Waals surface area contributed by atoms with Crippen molar-refractivity contribution in [3.05, 3.63) is 72.2 Å². The lowest BCUT2D eigenvalue weighted by molar-refractivity contribution is 0.0120. The van der Waals surface area contributed by atoms with Crippen LogP contribution in [0, 0.1) is 0 Å². The first-order valence-corrected chi connectivity index (χ1v) is 12.8. The van der Waals surface area contributed by atoms with Crippen LogP contribution in [0.2, 0.25) is 0 Å². The van der Waals surface area contributed by atoms with Gasteiger partial charge in [-0.25, -0.2) is 9.78 Å². The number of aromatic nitrogens is 2. The van der Waals surface area contributed by atoms with Gasteiger partial charge in [0, 0.05) is 25.8 Å². The number of carbonyl (C=O) groups excluding carboxylic acids is 1. The van der Waals surface area contributed by atoms with E-state index in [1.54, 1.807) is 0 Å². The number of imidazole rings is 1. The van der Waals surface area contributed by atoms with E-state index in [-0.39, 0.29) is 6.10 Å². The Bertz CT molecular complexity index is 1150. The summed E-state index contributed by atoms with van der Waals surface area (Å²) < 4.78 is 19.2. The molecule has 0 radical (unpaired) electrons. The Kier molecular flexibility index (Phi) is 8.51. The van der Waals surface area contributed by atoms with Crippen molar-refractivity contribution in [2.45, 2.75) is 52.0 Å². The molecule has 1 aromatic heterocycles. The highest BCUT2D eigenvalue weighted by atomic mass is 16.6. The van der Waals surface area contributed by atoms with Crippen molar-refractivity contribution in [1.29, 1.82) is 0 Å². The standard InChI is InChI=1S/C29H38N4O4/c1-21(36-20-22-9-7-6-8-10-22)26(31-28(34)37-29(2,3)4)27-30-19-25(32(27)5)23-11-13-24(14-12-23)33-15-17-35-18-16-33/h6-14,19,21,26H,15-18,20H2,1-5H3,(H,31,34)/t21-,26+/m1/s1. The summed E-state index contributed by atoms with van der Waals surface area (Å²) in [5.41, 5.74) is 3.63. The van der Waals surface area contributed by atoms with Gasteiger partial charge < -0.3 is 29.0 Å². The highest BCUT2D eigenvalue weighted by Gasteiger charge is 2.29. The van der Waals surface area contributed by atoms with Crippen LogP contribution in [0.1, 0.15) is 45.1 Å². The molecule has 1 fully saturated rings. The van der Waals surface area contributed by atoms with Gasteiger partial charge in [0.1, 0.15) is 17.5 Å². The lowest BCUT2D eigenvalue weighted by Crippen LogP contribution is -2.40. The van der Waals surface area contributed by atoms with Gasteiger partial charge in [0.2, 0.25) is 0 Å². The van der Waals surface area contributed by atoms with Gasteiger partial charge >= 0.3 is 6.09 Å². The zero-order chi connectivity index (χ0) is 26.4. The minimum absolute atomic E-state index is 0.356. The van der Waals surface area contributed by atoms with E-state index in [9.17, 15) is 4.79 Å². The van der Waals surface area contributed by atoms with Gasteiger partial charge in [-0.05, 0) is 51.0 Å². The molecule has 8 heteroatoms. The van der Waals surface area contributed by atoms with Crippen molar-refractivity contribution in [2.24, 2.45) is 7.05 Å². The topological polar surface area (TPSA) is 77.8 Å². The molecule has 3 aromatic rings. The maximum atomic E-state index is 12.8. The first-order chi connectivity index (χ1) is 17.7. The normalized spacial score (nSPS) is 15.8. The molecular weight excluding hydrogens is 468 g/mol. The van der Waals surface area contributed by atoms with Crippen molar-refractivity contribution in [2.75, 3.05) is 31.2 Å². The average molecular weight is 507 g/mol. The van der Waals surface area contributed by atoms with Crippen LogP contribution in [0.5, 0.6) is 0 Å². The summed E-state index contributed by atoms with van der Waals surface area (Å²) in [6, 6.07) is 17.9. The highest BCUT2D eigenvalue weighted by molar-refractivity contribution is 5.68. The molecule has 0 bridgehead atoms. The third-order valence-corrected chi connectivity index (χ3v) is 6.34. The largest absolute Gasteiger partial charge is 0.444 e. The van der Waals surface area contributed by atoms with Gasteiger partial charge in [-0.1, -0.05) is 42.5 Å². The Labute approximate surface area is 219 Å². The number of hydrogen-bond acceptors (Lipinski definition) is 6. The van der Waals surface area contributed by atoms with E-state index in [4.69, 9.17) is 19.2 Å². The van der Waals surface area contributed by atoms with Crippen molar-refractivity contribution in [3.8, 4) is 11.3 Å². The number of nitrogens with zero attached hydrogens (tertiary/aromatic N) is 3. The Morgan fingerprint density at radius 1 is 1.08 bits per heavy atom. The summed E-state index contributed by atoms with van der Waals surface area (Å²) in [6.45, 7) is 11.2. The van der Waals surface area contributed by atoms with Crippen molar-refractivity contribution >= 4 is 11.8 Å². The molecule has 198 valence electrons. The Balaban J connectivity index is 1.55. The quantitative estimate of drug-likeness (QED) is 0.458. The molecule has 4 rings (SSSR count). The van der Waals surface area contributed by atoms with Crippen LogP contribution in [-0.2, 0) is 27.9 Å². The minimum atomic E-state index is -0.613. The van der Waals surface area contributed by atoms with Crippen molar-refractivity contribution in [1.82, 2.24) is 14.9 Å². The zero-order valence-electron chi connectivity index (χ0n) is 22.4. The summed E-state index contributed by atoms with van der Waals surface area (Å²) in [5, 5.41) is 3.00. The number of nitrogens with one attached hydrogen (secondary N) is 1. The van der Waals surface area contributed by atoms with Crippen molar-refractivity contribution in [3.63, 3.8) is 0 Å². The molecule has 0 saturated carbocycles. The molecule has 1 aliphatic heterocycles. The number of benzene rings is 2. The second-order valence-corrected chi connectivity index (χ2v) is 10.3. The Morgan fingerprint density at radius 3 is 2.41 bits per heavy atom. The van der Waals surface area contributed by atoms with Gasteiger partial charge in [0.15, 0.2) is 0 Å². The predicted molar refractivity (Wildman–Crippen MR) is 144 cm³/mol. The molecule has 2 aromatic carbocycles. The molecule has 0 unspecified atom stereocenters. The van der Waals surface area contributed by atoms with Crippen LogP contribution >= 0.6 is 0 Å². The fourth-order valence-electron chi connectivity index (χ4n) is 4.37. The third kappa shape index (κ3) is 7.11. The van der Waals surface area contributed by atoms with Crippen LogP contribution in [0.25, 0.3) is 11.3 Å². The van der Waals surface area contributed by atoms with Crippen molar-refractivity contribution < 1.29 is 19.0 Å². The zero-order valence-corrected chi connectivity index (χ0v) is 22.4. The van der Waals surface area contributed by atoms with E-state index in [1.165, 1.54) is 5.69 Å². The fraction of sp³-hybridized carbons (Fsp3) is 0.448. The number of morpholine rings is 1. The first-order valence-electron chi connectivity index (χ1n) is 12.8. The monoisotopic (exact) mass is 506 g/mol. The van der Waals surface area contributed by atoms with E-state index >= 15 is 0 Å². The molecule has 8 nitrogen and oxygen atoms in total. The molecule has 0 aliphatic carbocycles. The van der Waals surface area contributed by atoms with E-state index in [2.05, 4.69) is 34.5 Å². The molecule has 2 atom stereocenters. The number of rotatable bonds is 8. The number of amides is 1. The Hall–Kier alpha value is -3.36. The maximum Gasteiger partial charge on any atom is 0.408 e. The molecule has 1 N–H and O–H groups in total. The number of anilines is 1. The predicted octanol–water partition coefficient (Wildman–Crippen LogP) is 5.09. The molecule has 1 saturated heterocycles. The molecular formula is C29H38N4O4. The van der Waals surface area contributed by atoms with Crippen LogP contribution in [0.15, 0.2) is 60.8 Å². The average Bonchev–Trinajstić information content (AvgIpc) is 3.27. The summed E-state index contributed by atoms with van der Waals surface area (Å²) in [4.78, 5) is 19.8. The summed E-state index contributed by atoms with van der Waals surface area (Å²) >= 11 is 0. The lowest BCUT2D eigenvalue weighted by atomic mass is 10.1. The van der Waals surface area contributed by atoms with Crippen LogP contribution in [-0.4, -0.2) is 53.7 Å². The molecule has 2 heterocycles. The van der Waals surface area contributed by atoms with Gasteiger partial charge in [-0.2, -0.15) is 0 Å². The summed E-state index contributed by atoms with van der Waals surface area (Å²) in [7, 11) is 1.96. The SMILES string of the molecule is C[C@@H](OCc1ccccc1)[C@H](NC(=O)OC(C)(C)C)c1ncc(-c2ccc(N3CCOCC3)cc2)n1C. The van der Waals surface area contributed by atoms with E-state index in [0.29, 0.717) is 12.4 Å². The van der Waals surface area contributed by atoms with Crippen LogP contribution in [0.4, 0.5) is 10.5 Å². The van der Waals surface area contributed by atoms with Gasteiger partial charge in [-0.15, -0.1) is 0 Å². The number of alkyl carbamates (subject to hydrolysis) is 1. The first kappa shape index (κ1) is 26.7. The van der Waals surface area contributed by atoms with Gasteiger partial charge in [0.05, 0.1) is 37.8 Å². The molecule has 1 aliphatic rings. The number of hydrogen-bond donors (Lipinski definition) is 1. The lowest BCUT2D eigenvalue weighted by Gasteiger charge is -2.29. The number of ether oxygens (including phenoxy) is 3.